The molecule has 1 heterocycles. The zero-order chi connectivity index (χ0) is 14.8. The molecule has 1 aromatic heterocycles. The molecular weight excluding hydrogens is 278 g/mol. The van der Waals surface area contributed by atoms with Gasteiger partial charge in [-0.1, -0.05) is 6.42 Å². The largest absolute Gasteiger partial charge is 0.396 e. The lowest BCUT2D eigenvalue weighted by molar-refractivity contribution is 0.222. The first-order valence-corrected chi connectivity index (χ1v) is 8.15. The lowest BCUT2D eigenvalue weighted by Gasteiger charge is -2.19. The van der Waals surface area contributed by atoms with Crippen LogP contribution in [0.1, 0.15) is 19.3 Å². The van der Waals surface area contributed by atoms with Crippen molar-refractivity contribution in [3.63, 3.8) is 0 Å². The summed E-state index contributed by atoms with van der Waals surface area (Å²) in [4.78, 5) is 4.34. The molecule has 6 nitrogen and oxygen atoms in total. The van der Waals surface area contributed by atoms with E-state index in [-0.39, 0.29) is 23.5 Å². The maximum atomic E-state index is 11.9. The van der Waals surface area contributed by atoms with Crippen molar-refractivity contribution in [1.29, 1.82) is 0 Å². The highest BCUT2D eigenvalue weighted by Gasteiger charge is 2.26. The first-order chi connectivity index (χ1) is 9.45. The van der Waals surface area contributed by atoms with Crippen molar-refractivity contribution >= 4 is 15.8 Å². The minimum Gasteiger partial charge on any atom is -0.396 e. The molecule has 0 bridgehead atoms. The summed E-state index contributed by atoms with van der Waals surface area (Å²) in [7, 11) is -0.449. The molecule has 1 fully saturated rings. The Morgan fingerprint density at radius 3 is 2.70 bits per heavy atom. The highest BCUT2D eigenvalue weighted by Crippen LogP contribution is 2.27. The van der Waals surface area contributed by atoms with Gasteiger partial charge in [0.2, 0.25) is 10.0 Å². The van der Waals surface area contributed by atoms with Crippen LogP contribution in [0.5, 0.6) is 0 Å². The quantitative estimate of drug-likeness (QED) is 0.844. The van der Waals surface area contributed by atoms with E-state index in [1.165, 1.54) is 20.3 Å². The summed E-state index contributed by atoms with van der Waals surface area (Å²) in [5.74, 6) is 0.898. The van der Waals surface area contributed by atoms with Crippen LogP contribution in [-0.2, 0) is 10.0 Å². The van der Waals surface area contributed by atoms with Crippen LogP contribution in [0.15, 0.2) is 23.2 Å². The van der Waals surface area contributed by atoms with Gasteiger partial charge in [0, 0.05) is 38.9 Å². The fraction of sp³-hybridized carbons (Fsp3) is 0.615. The van der Waals surface area contributed by atoms with E-state index < -0.39 is 10.0 Å². The number of nitrogens with one attached hydrogen (secondary N) is 1. The van der Waals surface area contributed by atoms with Crippen molar-refractivity contribution in [3.05, 3.63) is 18.3 Å². The van der Waals surface area contributed by atoms with Gasteiger partial charge in [0.25, 0.3) is 0 Å². The minimum absolute atomic E-state index is 0.171. The third-order valence-corrected chi connectivity index (χ3v) is 5.54. The van der Waals surface area contributed by atoms with Gasteiger partial charge in [-0.15, -0.1) is 0 Å². The number of rotatable bonds is 5. The molecule has 0 aliphatic heterocycles. The van der Waals surface area contributed by atoms with Crippen LogP contribution in [0.25, 0.3) is 0 Å². The van der Waals surface area contributed by atoms with Crippen molar-refractivity contribution in [2.45, 2.75) is 30.2 Å². The van der Waals surface area contributed by atoms with E-state index in [1.54, 1.807) is 12.1 Å². The fourth-order valence-electron chi connectivity index (χ4n) is 2.46. The number of pyridine rings is 1. The summed E-state index contributed by atoms with van der Waals surface area (Å²) in [6, 6.07) is 3.43. The van der Waals surface area contributed by atoms with Crippen LogP contribution in [0.2, 0.25) is 0 Å². The Labute approximate surface area is 119 Å². The van der Waals surface area contributed by atoms with Gasteiger partial charge in [-0.25, -0.2) is 17.7 Å². The molecule has 7 heteroatoms. The molecule has 0 saturated heterocycles. The van der Waals surface area contributed by atoms with Crippen molar-refractivity contribution < 1.29 is 13.5 Å². The smallest absolute Gasteiger partial charge is 0.244 e. The standard InChI is InChI=1S/C13H21N3O3S/c1-16(2)20(18,19)11-6-7-13(14-8-11)15-12-5-3-4-10(12)9-17/h6-8,10,12,17H,3-5,9H2,1-2H3,(H,14,15). The maximum Gasteiger partial charge on any atom is 0.244 e. The minimum atomic E-state index is -3.43. The molecule has 0 amide bonds. The van der Waals surface area contributed by atoms with E-state index in [9.17, 15) is 13.5 Å². The van der Waals surface area contributed by atoms with Gasteiger partial charge in [0.05, 0.1) is 0 Å². The number of aliphatic hydroxyl groups excluding tert-OH is 1. The van der Waals surface area contributed by atoms with E-state index in [0.717, 1.165) is 23.6 Å². The Morgan fingerprint density at radius 2 is 2.15 bits per heavy atom. The van der Waals surface area contributed by atoms with Gasteiger partial charge in [0.15, 0.2) is 0 Å². The lowest BCUT2D eigenvalue weighted by atomic mass is 10.1. The Balaban J connectivity index is 2.09. The Morgan fingerprint density at radius 1 is 1.40 bits per heavy atom. The van der Waals surface area contributed by atoms with Crippen molar-refractivity contribution in [3.8, 4) is 0 Å². The number of hydrogen-bond acceptors (Lipinski definition) is 5. The molecule has 0 spiro atoms. The van der Waals surface area contributed by atoms with Crippen LogP contribution in [-0.4, -0.2) is 49.6 Å². The maximum absolute atomic E-state index is 11.9. The number of sulfonamides is 1. The topological polar surface area (TPSA) is 82.5 Å². The van der Waals surface area contributed by atoms with Gasteiger partial charge >= 0.3 is 0 Å². The van der Waals surface area contributed by atoms with Gasteiger partial charge < -0.3 is 10.4 Å². The highest BCUT2D eigenvalue weighted by molar-refractivity contribution is 7.89. The normalized spacial score (nSPS) is 23.2. The number of nitrogens with zero attached hydrogens (tertiary/aromatic N) is 2. The first kappa shape index (κ1) is 15.2. The summed E-state index contributed by atoms with van der Waals surface area (Å²) >= 11 is 0. The molecule has 2 unspecified atom stereocenters. The summed E-state index contributed by atoms with van der Waals surface area (Å²) in [5.41, 5.74) is 0. The van der Waals surface area contributed by atoms with Crippen molar-refractivity contribution in [2.75, 3.05) is 26.0 Å². The van der Waals surface area contributed by atoms with Gasteiger partial charge in [-0.3, -0.25) is 0 Å². The van der Waals surface area contributed by atoms with Gasteiger partial charge in [0.1, 0.15) is 10.7 Å². The number of hydrogen-bond donors (Lipinski definition) is 2. The molecular formula is C13H21N3O3S. The second-order valence-electron chi connectivity index (χ2n) is 5.29. The number of aromatic nitrogens is 1. The molecule has 0 aromatic carbocycles. The Hall–Kier alpha value is -1.18. The van der Waals surface area contributed by atoms with E-state index in [1.807, 2.05) is 0 Å². The van der Waals surface area contributed by atoms with Gasteiger partial charge in [-0.2, -0.15) is 0 Å². The molecule has 2 rings (SSSR count). The van der Waals surface area contributed by atoms with Gasteiger partial charge in [-0.05, 0) is 25.0 Å². The monoisotopic (exact) mass is 299 g/mol. The average Bonchev–Trinajstić information content (AvgIpc) is 2.86. The zero-order valence-corrected chi connectivity index (χ0v) is 12.6. The summed E-state index contributed by atoms with van der Waals surface area (Å²) in [5, 5.41) is 12.6. The molecule has 2 atom stereocenters. The SMILES string of the molecule is CN(C)S(=O)(=O)c1ccc(NC2CCCC2CO)nc1. The predicted octanol–water partition coefficient (Wildman–Crippen LogP) is 0.905. The molecule has 0 radical (unpaired) electrons. The second-order valence-corrected chi connectivity index (χ2v) is 7.44. The van der Waals surface area contributed by atoms with E-state index >= 15 is 0 Å². The summed E-state index contributed by atoms with van der Waals surface area (Å²) in [6.45, 7) is 0.171. The third kappa shape index (κ3) is 3.11. The Kier molecular flexibility index (Phi) is 4.62. The van der Waals surface area contributed by atoms with Crippen molar-refractivity contribution in [1.82, 2.24) is 9.29 Å². The molecule has 1 aliphatic rings. The second kappa shape index (κ2) is 6.07. The number of aliphatic hydroxyl groups is 1. The summed E-state index contributed by atoms with van der Waals surface area (Å²) < 4.78 is 25.0. The lowest BCUT2D eigenvalue weighted by Crippen LogP contribution is -2.27. The highest BCUT2D eigenvalue weighted by atomic mass is 32.2. The van der Waals surface area contributed by atoms with Crippen LogP contribution in [0, 0.1) is 5.92 Å². The van der Waals surface area contributed by atoms with Crippen LogP contribution in [0.4, 0.5) is 5.82 Å². The molecule has 1 aliphatic carbocycles. The molecule has 1 aromatic rings. The van der Waals surface area contributed by atoms with Crippen LogP contribution >= 0.6 is 0 Å². The van der Waals surface area contributed by atoms with E-state index in [0.29, 0.717) is 5.82 Å². The molecule has 112 valence electrons. The average molecular weight is 299 g/mol. The van der Waals surface area contributed by atoms with Crippen LogP contribution in [0.3, 0.4) is 0 Å². The first-order valence-electron chi connectivity index (χ1n) is 6.71. The zero-order valence-electron chi connectivity index (χ0n) is 11.8. The van der Waals surface area contributed by atoms with Crippen LogP contribution < -0.4 is 5.32 Å². The van der Waals surface area contributed by atoms with E-state index in [2.05, 4.69) is 10.3 Å². The predicted molar refractivity (Wildman–Crippen MR) is 76.9 cm³/mol. The summed E-state index contributed by atoms with van der Waals surface area (Å²) in [6.07, 6.45) is 4.47. The fourth-order valence-corrected chi connectivity index (χ4v) is 3.31. The number of anilines is 1. The van der Waals surface area contributed by atoms with Crippen molar-refractivity contribution in [2.24, 2.45) is 5.92 Å². The third-order valence-electron chi connectivity index (χ3n) is 3.74. The molecule has 1 saturated carbocycles. The Bertz CT molecular complexity index is 542. The molecule has 2 N–H and O–H groups in total. The van der Waals surface area contributed by atoms with E-state index in [4.69, 9.17) is 0 Å². The molecule has 20 heavy (non-hydrogen) atoms.